The van der Waals surface area contributed by atoms with E-state index in [1.165, 1.54) is 10.3 Å². The van der Waals surface area contributed by atoms with Gasteiger partial charge in [-0.05, 0) is 91.2 Å². The molecule has 0 unspecified atom stereocenters. The first-order valence-electron chi connectivity index (χ1n) is 11.5. The highest BCUT2D eigenvalue weighted by atomic mass is 79.9. The molecule has 33 heavy (non-hydrogen) atoms. The Morgan fingerprint density at radius 1 is 1.12 bits per heavy atom. The van der Waals surface area contributed by atoms with Gasteiger partial charge < -0.3 is 9.64 Å². The number of amides is 1. The first-order chi connectivity index (χ1) is 15.7. The first kappa shape index (κ1) is 24.0. The predicted octanol–water partition coefficient (Wildman–Crippen LogP) is 6.96. The molecule has 1 aromatic heterocycles. The molecule has 1 aliphatic heterocycles. The molecule has 6 heteroatoms. The number of esters is 1. The maximum atomic E-state index is 13.1. The van der Waals surface area contributed by atoms with E-state index in [1.54, 1.807) is 11.3 Å². The van der Waals surface area contributed by atoms with Crippen LogP contribution in [0.15, 0.2) is 52.3 Å². The predicted molar refractivity (Wildman–Crippen MR) is 138 cm³/mol. The van der Waals surface area contributed by atoms with E-state index in [0.29, 0.717) is 18.8 Å². The zero-order valence-corrected chi connectivity index (χ0v) is 21.8. The molecular formula is C27H30BrNO3S. The van der Waals surface area contributed by atoms with E-state index in [9.17, 15) is 9.59 Å². The zero-order chi connectivity index (χ0) is 23.6. The summed E-state index contributed by atoms with van der Waals surface area (Å²) in [7, 11) is 0. The minimum Gasteiger partial charge on any atom is -0.460 e. The molecule has 0 saturated carbocycles. The lowest BCUT2D eigenvalue weighted by atomic mass is 9.88. The van der Waals surface area contributed by atoms with Crippen molar-refractivity contribution in [3.8, 4) is 0 Å². The van der Waals surface area contributed by atoms with Gasteiger partial charge in [0.25, 0.3) is 5.91 Å². The molecule has 2 heterocycles. The standard InChI is InChI=1S/C27H30BrNO3S/c1-27(2,3)32-25(30)10-7-18-5-4-6-20(15-18)19-11-13-29(14-12-19)26(31)21-8-9-24-22(16-21)23(28)17-33-24/h4-6,8-9,15-17,19H,7,10-14H2,1-3H3. The Morgan fingerprint density at radius 3 is 2.61 bits per heavy atom. The highest BCUT2D eigenvalue weighted by Gasteiger charge is 2.25. The van der Waals surface area contributed by atoms with E-state index in [0.717, 1.165) is 46.9 Å². The van der Waals surface area contributed by atoms with Crippen molar-refractivity contribution in [2.24, 2.45) is 0 Å². The molecule has 4 nitrogen and oxygen atoms in total. The van der Waals surface area contributed by atoms with Crippen LogP contribution in [0.3, 0.4) is 0 Å². The van der Waals surface area contributed by atoms with Crippen LogP contribution in [0.1, 0.15) is 67.4 Å². The van der Waals surface area contributed by atoms with Crippen LogP contribution in [0.4, 0.5) is 0 Å². The number of fused-ring (bicyclic) bond motifs is 1. The number of likely N-dealkylation sites (tertiary alicyclic amines) is 1. The van der Waals surface area contributed by atoms with Gasteiger partial charge in [0.15, 0.2) is 0 Å². The van der Waals surface area contributed by atoms with E-state index in [-0.39, 0.29) is 11.9 Å². The number of benzene rings is 2. The molecule has 0 spiro atoms. The Labute approximate surface area is 208 Å². The summed E-state index contributed by atoms with van der Waals surface area (Å²) in [5.41, 5.74) is 2.76. The summed E-state index contributed by atoms with van der Waals surface area (Å²) in [4.78, 5) is 27.1. The largest absolute Gasteiger partial charge is 0.460 e. The van der Waals surface area contributed by atoms with Gasteiger partial charge in [0.2, 0.25) is 0 Å². The topological polar surface area (TPSA) is 46.6 Å². The van der Waals surface area contributed by atoms with Gasteiger partial charge in [-0.2, -0.15) is 0 Å². The van der Waals surface area contributed by atoms with Gasteiger partial charge in [0.05, 0.1) is 0 Å². The van der Waals surface area contributed by atoms with Crippen molar-refractivity contribution >= 4 is 49.2 Å². The van der Waals surface area contributed by atoms with Crippen LogP contribution in [-0.2, 0) is 16.0 Å². The SMILES string of the molecule is CC(C)(C)OC(=O)CCc1cccc(C2CCN(C(=O)c3ccc4scc(Br)c4c3)CC2)c1. The summed E-state index contributed by atoms with van der Waals surface area (Å²) >= 11 is 5.26. The Balaban J connectivity index is 1.34. The molecule has 1 fully saturated rings. The van der Waals surface area contributed by atoms with E-state index in [2.05, 4.69) is 45.6 Å². The van der Waals surface area contributed by atoms with Crippen LogP contribution in [-0.4, -0.2) is 35.5 Å². The van der Waals surface area contributed by atoms with Crippen molar-refractivity contribution in [2.75, 3.05) is 13.1 Å². The minimum atomic E-state index is -0.448. The van der Waals surface area contributed by atoms with E-state index < -0.39 is 5.60 Å². The summed E-state index contributed by atoms with van der Waals surface area (Å²) in [6.07, 6.45) is 2.97. The van der Waals surface area contributed by atoms with Gasteiger partial charge in [-0.3, -0.25) is 9.59 Å². The number of ether oxygens (including phenoxy) is 1. The highest BCUT2D eigenvalue weighted by molar-refractivity contribution is 9.10. The lowest BCUT2D eigenvalue weighted by Gasteiger charge is -2.32. The molecule has 1 amide bonds. The first-order valence-corrected chi connectivity index (χ1v) is 13.1. The van der Waals surface area contributed by atoms with Gasteiger partial charge in [0, 0.05) is 45.0 Å². The number of aryl methyl sites for hydroxylation is 1. The summed E-state index contributed by atoms with van der Waals surface area (Å²) in [5.74, 6) is 0.385. The summed E-state index contributed by atoms with van der Waals surface area (Å²) in [6.45, 7) is 7.19. The number of hydrogen-bond donors (Lipinski definition) is 0. The van der Waals surface area contributed by atoms with Gasteiger partial charge >= 0.3 is 5.97 Å². The molecule has 3 aromatic rings. The average molecular weight is 529 g/mol. The third-order valence-corrected chi connectivity index (χ3v) is 7.94. The molecular weight excluding hydrogens is 498 g/mol. The lowest BCUT2D eigenvalue weighted by Crippen LogP contribution is -2.37. The number of thiophene rings is 1. The van der Waals surface area contributed by atoms with E-state index in [1.807, 2.05) is 43.9 Å². The molecule has 1 aliphatic rings. The number of hydrogen-bond acceptors (Lipinski definition) is 4. The highest BCUT2D eigenvalue weighted by Crippen LogP contribution is 2.33. The van der Waals surface area contributed by atoms with Crippen molar-refractivity contribution in [2.45, 2.75) is 58.0 Å². The Morgan fingerprint density at radius 2 is 1.88 bits per heavy atom. The fourth-order valence-corrected chi connectivity index (χ4v) is 5.91. The molecule has 1 saturated heterocycles. The van der Waals surface area contributed by atoms with Crippen molar-refractivity contribution in [3.05, 3.63) is 69.0 Å². The third kappa shape index (κ3) is 6.04. The second-order valence-corrected chi connectivity index (χ2v) is 11.5. The van der Waals surface area contributed by atoms with E-state index >= 15 is 0 Å². The Hall–Kier alpha value is -2.18. The van der Waals surface area contributed by atoms with E-state index in [4.69, 9.17) is 4.74 Å². The molecule has 4 rings (SSSR count). The van der Waals surface area contributed by atoms with Crippen LogP contribution in [0.2, 0.25) is 0 Å². The second kappa shape index (κ2) is 9.98. The zero-order valence-electron chi connectivity index (χ0n) is 19.4. The quantitative estimate of drug-likeness (QED) is 0.337. The fraction of sp³-hybridized carbons (Fsp3) is 0.407. The van der Waals surface area contributed by atoms with Gasteiger partial charge in [-0.1, -0.05) is 24.3 Å². The third-order valence-electron chi connectivity index (χ3n) is 6.02. The molecule has 0 aliphatic carbocycles. The monoisotopic (exact) mass is 527 g/mol. The lowest BCUT2D eigenvalue weighted by molar-refractivity contribution is -0.154. The maximum Gasteiger partial charge on any atom is 0.306 e. The molecule has 2 aromatic carbocycles. The number of nitrogens with zero attached hydrogens (tertiary/aromatic N) is 1. The van der Waals surface area contributed by atoms with Gasteiger partial charge in [0.1, 0.15) is 5.60 Å². The van der Waals surface area contributed by atoms with Crippen molar-refractivity contribution < 1.29 is 14.3 Å². The average Bonchev–Trinajstić information content (AvgIpc) is 3.16. The van der Waals surface area contributed by atoms with Crippen molar-refractivity contribution in [3.63, 3.8) is 0 Å². The Bertz CT molecular complexity index is 1160. The molecule has 0 atom stereocenters. The molecule has 0 N–H and O–H groups in total. The normalized spacial score (nSPS) is 15.1. The number of rotatable bonds is 5. The summed E-state index contributed by atoms with van der Waals surface area (Å²) < 4.78 is 7.65. The van der Waals surface area contributed by atoms with Crippen LogP contribution < -0.4 is 0 Å². The number of carbonyl (C=O) groups is 2. The minimum absolute atomic E-state index is 0.111. The van der Waals surface area contributed by atoms with Crippen LogP contribution in [0.25, 0.3) is 10.1 Å². The number of halogens is 1. The van der Waals surface area contributed by atoms with Crippen LogP contribution in [0, 0.1) is 0 Å². The maximum absolute atomic E-state index is 13.1. The van der Waals surface area contributed by atoms with Gasteiger partial charge in [-0.15, -0.1) is 11.3 Å². The number of carbonyl (C=O) groups excluding carboxylic acids is 2. The molecule has 0 bridgehead atoms. The summed E-state index contributed by atoms with van der Waals surface area (Å²) in [5, 5.41) is 3.16. The number of piperidine rings is 1. The smallest absolute Gasteiger partial charge is 0.306 e. The van der Waals surface area contributed by atoms with Gasteiger partial charge in [-0.25, -0.2) is 0 Å². The molecule has 0 radical (unpaired) electrons. The fourth-order valence-electron chi connectivity index (χ4n) is 4.37. The van der Waals surface area contributed by atoms with Crippen molar-refractivity contribution in [1.82, 2.24) is 4.90 Å². The van der Waals surface area contributed by atoms with Crippen LogP contribution >= 0.6 is 27.3 Å². The summed E-state index contributed by atoms with van der Waals surface area (Å²) in [6, 6.07) is 14.5. The second-order valence-electron chi connectivity index (χ2n) is 9.69. The Kier molecular flexibility index (Phi) is 7.25. The van der Waals surface area contributed by atoms with Crippen molar-refractivity contribution in [1.29, 1.82) is 0 Å². The van der Waals surface area contributed by atoms with Crippen LogP contribution in [0.5, 0.6) is 0 Å². The molecule has 174 valence electrons.